The number of sulfonamides is 1. The number of nitrogens with one attached hydrogen (secondary N) is 1. The first-order valence-corrected chi connectivity index (χ1v) is 10.2. The molecule has 1 amide bonds. The van der Waals surface area contributed by atoms with Gasteiger partial charge in [-0.05, 0) is 17.5 Å². The molecule has 0 radical (unpaired) electrons. The number of benzene rings is 2. The van der Waals surface area contributed by atoms with Crippen molar-refractivity contribution < 1.29 is 22.7 Å². The molecule has 1 atom stereocenters. The highest BCUT2D eigenvalue weighted by Gasteiger charge is 2.36. The molecule has 3 rings (SSSR count). The topological polar surface area (TPSA) is 84.9 Å². The molecule has 1 aliphatic heterocycles. The zero-order valence-electron chi connectivity index (χ0n) is 15.4. The van der Waals surface area contributed by atoms with Crippen molar-refractivity contribution in [1.82, 2.24) is 4.31 Å². The van der Waals surface area contributed by atoms with Crippen LogP contribution in [0, 0.1) is 0 Å². The molecule has 0 aromatic heterocycles. The summed E-state index contributed by atoms with van der Waals surface area (Å²) >= 11 is 0. The Hall–Kier alpha value is -2.58. The summed E-state index contributed by atoms with van der Waals surface area (Å²) in [4.78, 5) is 12.9. The molecule has 2 aromatic rings. The summed E-state index contributed by atoms with van der Waals surface area (Å²) in [6.07, 6.45) is 1.44. The largest absolute Gasteiger partial charge is 0.497 e. The van der Waals surface area contributed by atoms with Gasteiger partial charge in [0.25, 0.3) is 0 Å². The Labute approximate surface area is 158 Å². The zero-order valence-corrected chi connectivity index (χ0v) is 16.2. The van der Waals surface area contributed by atoms with E-state index in [4.69, 9.17) is 9.47 Å². The molecule has 1 aliphatic rings. The van der Waals surface area contributed by atoms with Crippen LogP contribution in [0.2, 0.25) is 0 Å². The van der Waals surface area contributed by atoms with Gasteiger partial charge in [-0.3, -0.25) is 4.79 Å². The molecule has 27 heavy (non-hydrogen) atoms. The van der Waals surface area contributed by atoms with Gasteiger partial charge in [-0.1, -0.05) is 24.3 Å². The number of hydrogen-bond donors (Lipinski definition) is 1. The van der Waals surface area contributed by atoms with Crippen molar-refractivity contribution in [1.29, 1.82) is 0 Å². The third kappa shape index (κ3) is 4.23. The van der Waals surface area contributed by atoms with E-state index in [2.05, 4.69) is 5.32 Å². The van der Waals surface area contributed by atoms with Gasteiger partial charge in [-0.2, -0.15) is 4.31 Å². The van der Waals surface area contributed by atoms with Crippen molar-refractivity contribution >= 4 is 21.6 Å². The minimum Gasteiger partial charge on any atom is -0.497 e. The average Bonchev–Trinajstić information content (AvgIpc) is 2.65. The highest BCUT2D eigenvalue weighted by atomic mass is 32.2. The second-order valence-corrected chi connectivity index (χ2v) is 8.32. The maximum absolute atomic E-state index is 12.9. The maximum Gasteiger partial charge on any atom is 0.243 e. The Bertz CT molecular complexity index is 936. The Morgan fingerprint density at radius 1 is 1.07 bits per heavy atom. The first-order valence-electron chi connectivity index (χ1n) is 8.39. The number of carbonyl (C=O) groups excluding carboxylic acids is 1. The Morgan fingerprint density at radius 3 is 2.22 bits per heavy atom. The van der Waals surface area contributed by atoms with Crippen molar-refractivity contribution in [2.24, 2.45) is 0 Å². The summed E-state index contributed by atoms with van der Waals surface area (Å²) in [5.74, 6) is 0.655. The third-order valence-corrected chi connectivity index (χ3v) is 5.79. The first kappa shape index (κ1) is 19.2. The number of amides is 1. The second-order valence-electron chi connectivity index (χ2n) is 6.39. The van der Waals surface area contributed by atoms with E-state index < -0.39 is 22.0 Å². The number of fused-ring (bicyclic) bond motifs is 1. The van der Waals surface area contributed by atoms with Crippen molar-refractivity contribution in [3.8, 4) is 11.5 Å². The van der Waals surface area contributed by atoms with Crippen LogP contribution in [0.25, 0.3) is 0 Å². The van der Waals surface area contributed by atoms with E-state index in [-0.39, 0.29) is 6.54 Å². The fraction of sp³-hybridized carbons (Fsp3) is 0.316. The number of anilines is 1. The molecule has 0 spiro atoms. The average molecular weight is 390 g/mol. The highest BCUT2D eigenvalue weighted by Crippen LogP contribution is 2.29. The van der Waals surface area contributed by atoms with Crippen molar-refractivity contribution in [3.63, 3.8) is 0 Å². The molecule has 0 saturated carbocycles. The molecule has 7 nitrogen and oxygen atoms in total. The van der Waals surface area contributed by atoms with Crippen LogP contribution < -0.4 is 14.8 Å². The molecular weight excluding hydrogens is 368 g/mol. The van der Waals surface area contributed by atoms with E-state index >= 15 is 0 Å². The Morgan fingerprint density at radius 2 is 1.67 bits per heavy atom. The van der Waals surface area contributed by atoms with Crippen molar-refractivity contribution in [2.75, 3.05) is 25.8 Å². The fourth-order valence-corrected chi connectivity index (χ4v) is 4.18. The van der Waals surface area contributed by atoms with Gasteiger partial charge in [-0.25, -0.2) is 8.42 Å². The molecule has 2 aromatic carbocycles. The molecule has 1 heterocycles. The monoisotopic (exact) mass is 390 g/mol. The quantitative estimate of drug-likeness (QED) is 0.844. The minimum atomic E-state index is -3.56. The second kappa shape index (κ2) is 7.58. The number of hydrogen-bond acceptors (Lipinski definition) is 5. The third-order valence-electron chi connectivity index (χ3n) is 4.55. The minimum absolute atomic E-state index is 0.175. The Balaban J connectivity index is 1.90. The lowest BCUT2D eigenvalue weighted by Gasteiger charge is -2.34. The SMILES string of the molecule is COc1cc(NC(=O)[C@@H]2Cc3ccccc3CN2S(C)(=O)=O)cc(OC)c1. The van der Waals surface area contributed by atoms with E-state index in [9.17, 15) is 13.2 Å². The molecule has 0 bridgehead atoms. The summed E-state index contributed by atoms with van der Waals surface area (Å²) in [6.45, 7) is 0.175. The van der Waals surface area contributed by atoms with Crippen LogP contribution in [0.3, 0.4) is 0 Å². The van der Waals surface area contributed by atoms with Gasteiger partial charge in [0, 0.05) is 30.4 Å². The smallest absolute Gasteiger partial charge is 0.243 e. The zero-order chi connectivity index (χ0) is 19.6. The summed E-state index contributed by atoms with van der Waals surface area (Å²) in [7, 11) is -0.522. The first-order chi connectivity index (χ1) is 12.8. The summed E-state index contributed by atoms with van der Waals surface area (Å²) in [5, 5.41) is 2.79. The summed E-state index contributed by atoms with van der Waals surface area (Å²) < 4.78 is 36.2. The predicted molar refractivity (Wildman–Crippen MR) is 102 cm³/mol. The molecule has 144 valence electrons. The summed E-state index contributed by atoms with van der Waals surface area (Å²) in [5.41, 5.74) is 2.36. The van der Waals surface area contributed by atoms with Gasteiger partial charge in [0.15, 0.2) is 0 Å². The van der Waals surface area contributed by atoms with E-state index in [1.807, 2.05) is 24.3 Å². The van der Waals surface area contributed by atoms with Crippen LogP contribution in [-0.2, 0) is 27.8 Å². The number of nitrogens with zero attached hydrogens (tertiary/aromatic N) is 1. The van der Waals surface area contributed by atoms with E-state index in [1.54, 1.807) is 18.2 Å². The lowest BCUT2D eigenvalue weighted by Crippen LogP contribution is -2.50. The van der Waals surface area contributed by atoms with Crippen molar-refractivity contribution in [2.45, 2.75) is 19.0 Å². The van der Waals surface area contributed by atoms with Gasteiger partial charge in [-0.15, -0.1) is 0 Å². The molecule has 0 aliphatic carbocycles. The summed E-state index contributed by atoms with van der Waals surface area (Å²) in [6, 6.07) is 11.7. The van der Waals surface area contributed by atoms with Crippen LogP contribution >= 0.6 is 0 Å². The predicted octanol–water partition coefficient (Wildman–Crippen LogP) is 2.03. The van der Waals surface area contributed by atoms with Gasteiger partial charge in [0.2, 0.25) is 15.9 Å². The molecule has 0 fully saturated rings. The fourth-order valence-electron chi connectivity index (χ4n) is 3.18. The Kier molecular flexibility index (Phi) is 5.38. The molecule has 1 N–H and O–H groups in total. The van der Waals surface area contributed by atoms with Crippen LogP contribution in [0.5, 0.6) is 11.5 Å². The number of rotatable bonds is 5. The molecular formula is C19H22N2O5S. The lowest BCUT2D eigenvalue weighted by atomic mass is 9.95. The number of methoxy groups -OCH3 is 2. The van der Waals surface area contributed by atoms with Crippen LogP contribution in [0.15, 0.2) is 42.5 Å². The van der Waals surface area contributed by atoms with Gasteiger partial charge < -0.3 is 14.8 Å². The van der Waals surface area contributed by atoms with Crippen LogP contribution in [-0.4, -0.2) is 45.1 Å². The van der Waals surface area contributed by atoms with Gasteiger partial charge in [0.05, 0.1) is 20.5 Å². The van der Waals surface area contributed by atoms with Gasteiger partial charge >= 0.3 is 0 Å². The standard InChI is InChI=1S/C19H22N2O5S/c1-25-16-9-15(10-17(11-16)26-2)20-19(22)18-8-13-6-4-5-7-14(13)12-21(18)27(3,23)24/h4-7,9-11,18H,8,12H2,1-3H3,(H,20,22)/t18-/m0/s1. The van der Waals surface area contributed by atoms with E-state index in [1.165, 1.54) is 18.5 Å². The molecule has 8 heteroatoms. The normalized spacial score (nSPS) is 17.1. The van der Waals surface area contributed by atoms with Gasteiger partial charge in [0.1, 0.15) is 17.5 Å². The number of ether oxygens (including phenoxy) is 2. The van der Waals surface area contributed by atoms with Crippen LogP contribution in [0.1, 0.15) is 11.1 Å². The number of carbonyl (C=O) groups is 1. The highest BCUT2D eigenvalue weighted by molar-refractivity contribution is 7.88. The maximum atomic E-state index is 12.9. The van der Waals surface area contributed by atoms with E-state index in [0.717, 1.165) is 17.4 Å². The van der Waals surface area contributed by atoms with Crippen LogP contribution in [0.4, 0.5) is 5.69 Å². The molecule has 0 saturated heterocycles. The van der Waals surface area contributed by atoms with Crippen molar-refractivity contribution in [3.05, 3.63) is 53.6 Å². The molecule has 0 unspecified atom stereocenters. The lowest BCUT2D eigenvalue weighted by molar-refractivity contribution is -0.120. The van der Waals surface area contributed by atoms with E-state index in [0.29, 0.717) is 23.6 Å².